The molecule has 0 heterocycles. The summed E-state index contributed by atoms with van der Waals surface area (Å²) < 4.78 is 11.2. The van der Waals surface area contributed by atoms with Gasteiger partial charge < -0.3 is 14.8 Å². The van der Waals surface area contributed by atoms with Crippen LogP contribution in [0.4, 0.5) is 5.69 Å². The van der Waals surface area contributed by atoms with Gasteiger partial charge in [0.2, 0.25) is 11.8 Å². The van der Waals surface area contributed by atoms with E-state index in [2.05, 4.69) is 5.32 Å². The largest absolute Gasteiger partial charge is 0.497 e. The van der Waals surface area contributed by atoms with Crippen LogP contribution in [0, 0.1) is 6.92 Å². The summed E-state index contributed by atoms with van der Waals surface area (Å²) in [6.45, 7) is 3.45. The van der Waals surface area contributed by atoms with E-state index in [4.69, 9.17) is 9.47 Å². The second-order valence-electron chi connectivity index (χ2n) is 10.6. The number of nitrogens with zero attached hydrogens (tertiary/aromatic N) is 1. The lowest BCUT2D eigenvalue weighted by molar-refractivity contribution is -0.127. The van der Waals surface area contributed by atoms with Crippen molar-refractivity contribution in [1.82, 2.24) is 5.32 Å². The Morgan fingerprint density at radius 3 is 1.48 bits per heavy atom. The zero-order chi connectivity index (χ0) is 31.1. The van der Waals surface area contributed by atoms with E-state index in [9.17, 15) is 4.79 Å². The van der Waals surface area contributed by atoms with Gasteiger partial charge in [0.05, 0.1) is 14.2 Å². The van der Waals surface area contributed by atoms with Crippen LogP contribution in [0.25, 0.3) is 0 Å². The number of hydrogen-bond donors (Lipinski definition) is 1. The molecular weight excluding hydrogens is 548 g/mol. The number of carbonyl (C=O) groups is 2. The van der Waals surface area contributed by atoms with Crippen molar-refractivity contribution >= 4 is 17.5 Å². The van der Waals surface area contributed by atoms with Gasteiger partial charge in [0, 0.05) is 18.7 Å². The summed E-state index contributed by atoms with van der Waals surface area (Å²) in [6.07, 6.45) is 0. The van der Waals surface area contributed by atoms with E-state index in [1.165, 1.54) is 11.8 Å². The Morgan fingerprint density at radius 1 is 0.659 bits per heavy atom. The van der Waals surface area contributed by atoms with Gasteiger partial charge in [0.1, 0.15) is 23.1 Å². The highest BCUT2D eigenvalue weighted by Crippen LogP contribution is 2.39. The van der Waals surface area contributed by atoms with Gasteiger partial charge in [-0.25, -0.2) is 0 Å². The van der Waals surface area contributed by atoms with Crippen molar-refractivity contribution in [2.24, 2.45) is 0 Å². The topological polar surface area (TPSA) is 67.9 Å². The fourth-order valence-corrected chi connectivity index (χ4v) is 5.66. The molecule has 222 valence electrons. The molecule has 5 aromatic carbocycles. The molecule has 5 rings (SSSR count). The highest BCUT2D eigenvalue weighted by Gasteiger charge is 2.42. The lowest BCUT2D eigenvalue weighted by Gasteiger charge is -2.39. The molecule has 6 heteroatoms. The number of carbonyl (C=O) groups excluding carboxylic acids is 2. The molecule has 0 aromatic heterocycles. The smallest absolute Gasteiger partial charge is 0.249 e. The van der Waals surface area contributed by atoms with E-state index in [0.717, 1.165) is 22.3 Å². The fourth-order valence-electron chi connectivity index (χ4n) is 5.66. The number of amides is 2. The van der Waals surface area contributed by atoms with Crippen LogP contribution < -0.4 is 19.7 Å². The summed E-state index contributed by atoms with van der Waals surface area (Å²) in [5.41, 5.74) is 3.70. The number of hydrogen-bond acceptors (Lipinski definition) is 4. The number of anilines is 1. The Morgan fingerprint density at radius 2 is 1.09 bits per heavy atom. The van der Waals surface area contributed by atoms with Crippen LogP contribution in [-0.4, -0.2) is 26.0 Å². The molecule has 0 aliphatic heterocycles. The minimum Gasteiger partial charge on any atom is -0.497 e. The van der Waals surface area contributed by atoms with Crippen molar-refractivity contribution in [2.45, 2.75) is 25.4 Å². The van der Waals surface area contributed by atoms with E-state index in [0.29, 0.717) is 22.7 Å². The first kappa shape index (κ1) is 30.1. The summed E-state index contributed by atoms with van der Waals surface area (Å²) in [5.74, 6) is 0.336. The van der Waals surface area contributed by atoms with Gasteiger partial charge >= 0.3 is 0 Å². The highest BCUT2D eigenvalue weighted by molar-refractivity contribution is 6.01. The van der Waals surface area contributed by atoms with E-state index < -0.39 is 11.6 Å². The molecule has 0 aliphatic carbocycles. The maximum Gasteiger partial charge on any atom is 0.249 e. The normalized spacial score (nSPS) is 11.7. The third-order valence-corrected chi connectivity index (χ3v) is 7.78. The van der Waals surface area contributed by atoms with Gasteiger partial charge in [-0.3, -0.25) is 14.5 Å². The summed E-state index contributed by atoms with van der Waals surface area (Å²) in [4.78, 5) is 30.1. The highest BCUT2D eigenvalue weighted by atomic mass is 16.5. The zero-order valence-electron chi connectivity index (χ0n) is 25.4. The van der Waals surface area contributed by atoms with Gasteiger partial charge in [-0.1, -0.05) is 109 Å². The van der Waals surface area contributed by atoms with Crippen LogP contribution >= 0.6 is 0 Å². The van der Waals surface area contributed by atoms with E-state index in [1.54, 1.807) is 32.4 Å². The summed E-state index contributed by atoms with van der Waals surface area (Å²) in [6, 6.07) is 41.4. The number of ether oxygens (including phenoxy) is 2. The van der Waals surface area contributed by atoms with Crippen molar-refractivity contribution < 1.29 is 19.1 Å². The van der Waals surface area contributed by atoms with Crippen LogP contribution in [0.3, 0.4) is 0 Å². The summed E-state index contributed by atoms with van der Waals surface area (Å²) in [7, 11) is 3.11. The number of nitrogens with one attached hydrogen (secondary N) is 1. The van der Waals surface area contributed by atoms with E-state index >= 15 is 4.79 Å². The predicted molar refractivity (Wildman–Crippen MR) is 174 cm³/mol. The lowest BCUT2D eigenvalue weighted by Crippen LogP contribution is -2.52. The van der Waals surface area contributed by atoms with Crippen molar-refractivity contribution in [3.63, 3.8) is 0 Å². The van der Waals surface area contributed by atoms with Crippen LogP contribution in [0.2, 0.25) is 0 Å². The number of aryl methyl sites for hydroxylation is 1. The quantitative estimate of drug-likeness (QED) is 0.176. The third kappa shape index (κ3) is 6.06. The first-order chi connectivity index (χ1) is 21.4. The van der Waals surface area contributed by atoms with Crippen molar-refractivity contribution in [3.05, 3.63) is 161 Å². The molecule has 0 saturated carbocycles. The zero-order valence-corrected chi connectivity index (χ0v) is 25.4. The van der Waals surface area contributed by atoms with Gasteiger partial charge in [-0.15, -0.1) is 0 Å². The Labute approximate surface area is 258 Å². The Balaban J connectivity index is 1.77. The maximum absolute atomic E-state index is 15.1. The molecule has 0 saturated heterocycles. The number of rotatable bonds is 10. The maximum atomic E-state index is 15.1. The average molecular weight is 585 g/mol. The lowest BCUT2D eigenvalue weighted by atomic mass is 9.76. The molecule has 0 spiro atoms. The summed E-state index contributed by atoms with van der Waals surface area (Å²) in [5, 5.41) is 3.45. The number of methoxy groups -OCH3 is 2. The van der Waals surface area contributed by atoms with Crippen molar-refractivity contribution in [3.8, 4) is 11.5 Å². The van der Waals surface area contributed by atoms with Gasteiger partial charge in [-0.05, 0) is 53.4 Å². The molecular formula is C38H36N2O4. The Bertz CT molecular complexity index is 1590. The monoisotopic (exact) mass is 584 g/mol. The molecule has 0 aliphatic rings. The minimum atomic E-state index is -1.09. The first-order valence-electron chi connectivity index (χ1n) is 14.5. The molecule has 1 N–H and O–H groups in total. The average Bonchev–Trinajstić information content (AvgIpc) is 3.07. The molecule has 1 atom stereocenters. The van der Waals surface area contributed by atoms with E-state index in [-0.39, 0.29) is 11.8 Å². The van der Waals surface area contributed by atoms with Crippen LogP contribution in [0.5, 0.6) is 11.5 Å². The second kappa shape index (κ2) is 13.3. The standard InChI is InChI=1S/C38H36N2O4/c1-27-20-22-33(23-21-27)40(28(2)41)36(29-24-34(43-3)26-35(25-29)44-4)37(42)39-38(30-14-8-5-9-15-30,31-16-10-6-11-17-31)32-18-12-7-13-19-32/h5-26,36H,1-4H3,(H,39,42). The van der Waals surface area contributed by atoms with Crippen LogP contribution in [0.15, 0.2) is 133 Å². The molecule has 5 aromatic rings. The predicted octanol–water partition coefficient (Wildman–Crippen LogP) is 7.21. The molecule has 1 unspecified atom stereocenters. The molecule has 0 fully saturated rings. The molecule has 6 nitrogen and oxygen atoms in total. The minimum absolute atomic E-state index is 0.291. The Kier molecular flexibility index (Phi) is 9.10. The number of benzene rings is 5. The van der Waals surface area contributed by atoms with Crippen LogP contribution in [0.1, 0.15) is 40.8 Å². The Hall–Kier alpha value is -5.36. The van der Waals surface area contributed by atoms with Crippen molar-refractivity contribution in [2.75, 3.05) is 19.1 Å². The van der Waals surface area contributed by atoms with Gasteiger partial charge in [-0.2, -0.15) is 0 Å². The molecule has 0 radical (unpaired) electrons. The van der Waals surface area contributed by atoms with Crippen LogP contribution in [-0.2, 0) is 15.1 Å². The van der Waals surface area contributed by atoms with Crippen molar-refractivity contribution in [1.29, 1.82) is 0 Å². The SMILES string of the molecule is COc1cc(OC)cc(C(C(=O)NC(c2ccccc2)(c2ccccc2)c2ccccc2)N(C(C)=O)c2ccc(C)cc2)c1. The molecule has 2 amide bonds. The fraction of sp³-hybridized carbons (Fsp3) is 0.158. The summed E-state index contributed by atoms with van der Waals surface area (Å²) >= 11 is 0. The first-order valence-corrected chi connectivity index (χ1v) is 14.5. The second-order valence-corrected chi connectivity index (χ2v) is 10.6. The third-order valence-electron chi connectivity index (χ3n) is 7.78. The van der Waals surface area contributed by atoms with Gasteiger partial charge in [0.25, 0.3) is 0 Å². The van der Waals surface area contributed by atoms with E-state index in [1.807, 2.05) is 122 Å². The molecule has 0 bridgehead atoms. The van der Waals surface area contributed by atoms with Gasteiger partial charge in [0.15, 0.2) is 0 Å². The molecule has 44 heavy (non-hydrogen) atoms.